The minimum Gasteiger partial charge on any atom is -0.486 e. The second-order valence-corrected chi connectivity index (χ2v) is 5.88. The number of halogens is 1. The van der Waals surface area contributed by atoms with E-state index in [2.05, 4.69) is 15.8 Å². The lowest BCUT2D eigenvalue weighted by molar-refractivity contribution is -0.115. The van der Waals surface area contributed by atoms with E-state index in [1.54, 1.807) is 25.1 Å². The maximum Gasteiger partial charge on any atom is 0.271 e. The molecule has 0 atom stereocenters. The number of anilines is 1. The highest BCUT2D eigenvalue weighted by molar-refractivity contribution is 6.06. The van der Waals surface area contributed by atoms with E-state index in [0.717, 1.165) is 6.07 Å². The van der Waals surface area contributed by atoms with Gasteiger partial charge in [-0.3, -0.25) is 9.59 Å². The van der Waals surface area contributed by atoms with Crippen LogP contribution in [0.5, 0.6) is 11.5 Å². The van der Waals surface area contributed by atoms with Gasteiger partial charge in [-0.15, -0.1) is 0 Å². The molecule has 7 nitrogen and oxygen atoms in total. The summed E-state index contributed by atoms with van der Waals surface area (Å²) in [6.45, 7) is 2.56. The minimum absolute atomic E-state index is 0.0160. The molecule has 2 aromatic rings. The Kier molecular flexibility index (Phi) is 5.65. The summed E-state index contributed by atoms with van der Waals surface area (Å²) < 4.78 is 24.0. The first-order chi connectivity index (χ1) is 13.0. The summed E-state index contributed by atoms with van der Waals surface area (Å²) >= 11 is 0. The van der Waals surface area contributed by atoms with Crippen LogP contribution in [-0.4, -0.2) is 30.7 Å². The molecule has 0 saturated carbocycles. The first kappa shape index (κ1) is 18.4. The fourth-order valence-corrected chi connectivity index (χ4v) is 2.44. The molecular formula is C19H18FN3O4. The second-order valence-electron chi connectivity index (χ2n) is 5.88. The molecule has 2 amide bonds. The standard InChI is InChI=1S/C19H18FN3O4/c1-12(22-23-19(25)13-3-2-4-14(20)10-13)9-18(24)21-15-5-6-16-17(11-15)27-8-7-26-16/h2-6,10-11H,7-9H2,1H3,(H,21,24)(H,23,25). The van der Waals surface area contributed by atoms with Crippen molar-refractivity contribution in [2.75, 3.05) is 18.5 Å². The lowest BCUT2D eigenvalue weighted by atomic mass is 10.2. The molecule has 0 aromatic heterocycles. The van der Waals surface area contributed by atoms with Crippen LogP contribution < -0.4 is 20.2 Å². The van der Waals surface area contributed by atoms with E-state index >= 15 is 0 Å². The van der Waals surface area contributed by atoms with E-state index < -0.39 is 11.7 Å². The third kappa shape index (κ3) is 5.04. The Labute approximate surface area is 155 Å². The van der Waals surface area contributed by atoms with Crippen molar-refractivity contribution in [1.29, 1.82) is 0 Å². The van der Waals surface area contributed by atoms with Gasteiger partial charge in [-0.1, -0.05) is 6.07 Å². The zero-order valence-corrected chi connectivity index (χ0v) is 14.6. The molecule has 0 radical (unpaired) electrons. The largest absolute Gasteiger partial charge is 0.486 e. The monoisotopic (exact) mass is 371 g/mol. The zero-order chi connectivity index (χ0) is 19.2. The first-order valence-electron chi connectivity index (χ1n) is 8.30. The summed E-state index contributed by atoms with van der Waals surface area (Å²) in [5, 5.41) is 6.60. The highest BCUT2D eigenvalue weighted by Gasteiger charge is 2.13. The van der Waals surface area contributed by atoms with Crippen molar-refractivity contribution in [2.24, 2.45) is 5.10 Å². The summed E-state index contributed by atoms with van der Waals surface area (Å²) in [6.07, 6.45) is -0.0160. The summed E-state index contributed by atoms with van der Waals surface area (Å²) in [5.41, 5.74) is 3.42. The van der Waals surface area contributed by atoms with Crippen LogP contribution in [0.15, 0.2) is 47.6 Å². The molecule has 0 aliphatic carbocycles. The number of hydrogen-bond acceptors (Lipinski definition) is 5. The molecular weight excluding hydrogens is 353 g/mol. The number of fused-ring (bicyclic) bond motifs is 1. The highest BCUT2D eigenvalue weighted by atomic mass is 19.1. The number of benzene rings is 2. The average Bonchev–Trinajstić information content (AvgIpc) is 2.66. The first-order valence-corrected chi connectivity index (χ1v) is 8.30. The predicted molar refractivity (Wildman–Crippen MR) is 97.7 cm³/mol. The van der Waals surface area contributed by atoms with Crippen molar-refractivity contribution < 1.29 is 23.5 Å². The van der Waals surface area contributed by atoms with Crippen LogP contribution in [0.25, 0.3) is 0 Å². The summed E-state index contributed by atoms with van der Waals surface area (Å²) in [4.78, 5) is 24.0. The number of carbonyl (C=O) groups is 2. The van der Waals surface area contributed by atoms with Crippen LogP contribution in [-0.2, 0) is 4.79 Å². The average molecular weight is 371 g/mol. The molecule has 2 aromatic carbocycles. The number of amides is 2. The van der Waals surface area contributed by atoms with E-state index in [1.807, 2.05) is 0 Å². The van der Waals surface area contributed by atoms with Crippen LogP contribution in [0.3, 0.4) is 0 Å². The van der Waals surface area contributed by atoms with Gasteiger partial charge in [0.2, 0.25) is 5.91 Å². The molecule has 1 heterocycles. The van der Waals surface area contributed by atoms with Crippen molar-refractivity contribution in [3.05, 3.63) is 53.8 Å². The Hall–Kier alpha value is -3.42. The van der Waals surface area contributed by atoms with Crippen molar-refractivity contribution in [3.63, 3.8) is 0 Å². The molecule has 0 unspecified atom stereocenters. The SMILES string of the molecule is CC(CC(=O)Nc1ccc2c(c1)OCCO2)=NNC(=O)c1cccc(F)c1. The molecule has 1 aliphatic heterocycles. The molecule has 3 rings (SSSR count). The van der Waals surface area contributed by atoms with Gasteiger partial charge in [0.15, 0.2) is 11.5 Å². The Bertz CT molecular complexity index is 898. The summed E-state index contributed by atoms with van der Waals surface area (Å²) in [7, 11) is 0. The fourth-order valence-electron chi connectivity index (χ4n) is 2.44. The Morgan fingerprint density at radius 3 is 2.67 bits per heavy atom. The molecule has 0 bridgehead atoms. The molecule has 140 valence electrons. The Balaban J connectivity index is 1.54. The maximum atomic E-state index is 13.1. The Morgan fingerprint density at radius 1 is 1.11 bits per heavy atom. The van der Waals surface area contributed by atoms with Crippen LogP contribution in [0.2, 0.25) is 0 Å². The number of nitrogens with zero attached hydrogens (tertiary/aromatic N) is 1. The van der Waals surface area contributed by atoms with Crippen molar-refractivity contribution >= 4 is 23.2 Å². The number of nitrogens with one attached hydrogen (secondary N) is 2. The van der Waals surface area contributed by atoms with Gasteiger partial charge in [0.25, 0.3) is 5.91 Å². The number of ether oxygens (including phenoxy) is 2. The minimum atomic E-state index is -0.555. The van der Waals surface area contributed by atoms with Crippen molar-refractivity contribution in [2.45, 2.75) is 13.3 Å². The topological polar surface area (TPSA) is 89.0 Å². The van der Waals surface area contributed by atoms with Crippen LogP contribution in [0, 0.1) is 5.82 Å². The third-order valence-corrected chi connectivity index (χ3v) is 3.68. The second kappa shape index (κ2) is 8.31. The van der Waals surface area contributed by atoms with E-state index in [4.69, 9.17) is 9.47 Å². The van der Waals surface area contributed by atoms with Gasteiger partial charge in [-0.25, -0.2) is 9.82 Å². The molecule has 27 heavy (non-hydrogen) atoms. The van der Waals surface area contributed by atoms with Crippen molar-refractivity contribution in [1.82, 2.24) is 5.43 Å². The highest BCUT2D eigenvalue weighted by Crippen LogP contribution is 2.32. The van der Waals surface area contributed by atoms with Gasteiger partial charge in [0.05, 0.1) is 6.42 Å². The number of carbonyl (C=O) groups excluding carboxylic acids is 2. The molecule has 0 saturated heterocycles. The predicted octanol–water partition coefficient (Wildman–Crippen LogP) is 2.73. The maximum absolute atomic E-state index is 13.1. The molecule has 0 spiro atoms. The van der Waals surface area contributed by atoms with Crippen molar-refractivity contribution in [3.8, 4) is 11.5 Å². The normalized spacial score (nSPS) is 13.0. The smallest absolute Gasteiger partial charge is 0.271 e. The number of hydrogen-bond donors (Lipinski definition) is 2. The van der Waals surface area contributed by atoms with Crippen LogP contribution in [0.1, 0.15) is 23.7 Å². The van der Waals surface area contributed by atoms with Crippen LogP contribution >= 0.6 is 0 Å². The van der Waals surface area contributed by atoms with Gasteiger partial charge in [-0.05, 0) is 37.3 Å². The van der Waals surface area contributed by atoms with E-state index in [0.29, 0.717) is 36.1 Å². The molecule has 8 heteroatoms. The molecule has 2 N–H and O–H groups in total. The fraction of sp³-hybridized carbons (Fsp3) is 0.211. The summed E-state index contributed by atoms with van der Waals surface area (Å²) in [5.74, 6) is -0.153. The van der Waals surface area contributed by atoms with Gasteiger partial charge >= 0.3 is 0 Å². The zero-order valence-electron chi connectivity index (χ0n) is 14.6. The van der Waals surface area contributed by atoms with E-state index in [9.17, 15) is 14.0 Å². The van der Waals surface area contributed by atoms with E-state index in [1.165, 1.54) is 18.2 Å². The molecule has 0 fully saturated rings. The number of rotatable bonds is 5. The number of hydrazone groups is 1. The van der Waals surface area contributed by atoms with Gasteiger partial charge < -0.3 is 14.8 Å². The molecule has 1 aliphatic rings. The third-order valence-electron chi connectivity index (χ3n) is 3.68. The van der Waals surface area contributed by atoms with Gasteiger partial charge in [0.1, 0.15) is 19.0 Å². The lowest BCUT2D eigenvalue weighted by Crippen LogP contribution is -2.21. The quantitative estimate of drug-likeness (QED) is 0.625. The van der Waals surface area contributed by atoms with E-state index in [-0.39, 0.29) is 17.9 Å². The Morgan fingerprint density at radius 2 is 1.89 bits per heavy atom. The van der Waals surface area contributed by atoms with Gasteiger partial charge in [0, 0.05) is 23.0 Å². The van der Waals surface area contributed by atoms with Gasteiger partial charge in [-0.2, -0.15) is 5.10 Å². The summed E-state index contributed by atoms with van der Waals surface area (Å²) in [6, 6.07) is 10.4. The lowest BCUT2D eigenvalue weighted by Gasteiger charge is -2.19. The van der Waals surface area contributed by atoms with Crippen LogP contribution in [0.4, 0.5) is 10.1 Å².